The van der Waals surface area contributed by atoms with Crippen LogP contribution in [0, 0.1) is 0 Å². The third kappa shape index (κ3) is 2.93. The van der Waals surface area contributed by atoms with Gasteiger partial charge in [-0.2, -0.15) is 0 Å². The Morgan fingerprint density at radius 2 is 2.20 bits per heavy atom. The number of thioether (sulfide) groups is 1. The summed E-state index contributed by atoms with van der Waals surface area (Å²) < 4.78 is 0. The van der Waals surface area contributed by atoms with Gasteiger partial charge in [0.25, 0.3) is 0 Å². The van der Waals surface area contributed by atoms with E-state index in [1.165, 1.54) is 5.56 Å². The van der Waals surface area contributed by atoms with Gasteiger partial charge in [-0.25, -0.2) is 0 Å². The number of aldehydes is 1. The normalized spacial score (nSPS) is 25.1. The molecule has 0 amide bonds. The largest absolute Gasteiger partial charge is 0.302 e. The van der Waals surface area contributed by atoms with Crippen LogP contribution >= 0.6 is 11.8 Å². The number of carbonyl (C=O) groups excluding carboxylic acids is 1. The second-order valence-electron chi connectivity index (χ2n) is 3.56. The predicted octanol–water partition coefficient (Wildman–Crippen LogP) is 1.98. The molecule has 0 saturated carbocycles. The topological polar surface area (TPSA) is 29.4 Å². The summed E-state index contributed by atoms with van der Waals surface area (Å²) in [5.41, 5.74) is 1.32. The number of carbonyl (C=O) groups is 1. The second-order valence-corrected chi connectivity index (χ2v) is 5.05. The third-order valence-corrected chi connectivity index (χ3v) is 3.60. The Hall–Kier alpha value is -1.09. The lowest BCUT2D eigenvalue weighted by atomic mass is 10.1. The molecule has 78 valence electrons. The first kappa shape index (κ1) is 10.4. The molecule has 1 aliphatic rings. The van der Waals surface area contributed by atoms with Crippen molar-refractivity contribution in [1.82, 2.24) is 0 Å². The Bertz CT molecular complexity index is 350. The van der Waals surface area contributed by atoms with E-state index in [1.807, 2.05) is 18.2 Å². The number of hydrogen-bond acceptors (Lipinski definition) is 3. The van der Waals surface area contributed by atoms with E-state index in [0.29, 0.717) is 5.25 Å². The summed E-state index contributed by atoms with van der Waals surface area (Å²) in [7, 11) is 0. The van der Waals surface area contributed by atoms with Gasteiger partial charge >= 0.3 is 0 Å². The second kappa shape index (κ2) is 5.12. The molecule has 1 aromatic rings. The van der Waals surface area contributed by atoms with Crippen LogP contribution in [0.2, 0.25) is 0 Å². The van der Waals surface area contributed by atoms with Crippen LogP contribution in [0.1, 0.15) is 5.56 Å². The molecule has 0 saturated heterocycles. The first-order valence-electron chi connectivity index (χ1n) is 5.03. The summed E-state index contributed by atoms with van der Waals surface area (Å²) in [5, 5.41) is 0.389. The lowest BCUT2D eigenvalue weighted by Gasteiger charge is -2.20. The zero-order valence-corrected chi connectivity index (χ0v) is 9.19. The lowest BCUT2D eigenvalue weighted by Crippen LogP contribution is -2.23. The van der Waals surface area contributed by atoms with Crippen molar-refractivity contribution in [3.8, 4) is 0 Å². The summed E-state index contributed by atoms with van der Waals surface area (Å²) >= 11 is 1.71. The van der Waals surface area contributed by atoms with Gasteiger partial charge in [0.15, 0.2) is 0 Å². The number of rotatable bonds is 3. The van der Waals surface area contributed by atoms with Crippen molar-refractivity contribution in [3.63, 3.8) is 0 Å². The molecular formula is C12H13NOS. The van der Waals surface area contributed by atoms with Crippen molar-refractivity contribution >= 4 is 24.3 Å². The first-order chi connectivity index (χ1) is 7.38. The van der Waals surface area contributed by atoms with Crippen LogP contribution in [0.25, 0.3) is 0 Å². The van der Waals surface area contributed by atoms with Gasteiger partial charge in [-0.3, -0.25) is 4.99 Å². The maximum atomic E-state index is 10.6. The molecule has 1 aromatic carbocycles. The van der Waals surface area contributed by atoms with E-state index >= 15 is 0 Å². The molecule has 2 atom stereocenters. The van der Waals surface area contributed by atoms with Crippen LogP contribution in [0.4, 0.5) is 0 Å². The van der Waals surface area contributed by atoms with E-state index in [2.05, 4.69) is 17.1 Å². The highest BCUT2D eigenvalue weighted by atomic mass is 32.2. The Balaban J connectivity index is 1.96. The third-order valence-electron chi connectivity index (χ3n) is 2.35. The lowest BCUT2D eigenvalue weighted by molar-refractivity contribution is -0.106. The summed E-state index contributed by atoms with van der Waals surface area (Å²) in [5.74, 6) is 0. The maximum Gasteiger partial charge on any atom is 0.138 e. The standard InChI is InChI=1S/C12H13NOS/c14-9-12-8-13-7-11(15-12)6-10-4-2-1-3-5-10/h1-5,8-9,11-12H,6-7H2. The van der Waals surface area contributed by atoms with E-state index in [-0.39, 0.29) is 5.25 Å². The molecule has 0 spiro atoms. The number of hydrogen-bond donors (Lipinski definition) is 0. The molecule has 15 heavy (non-hydrogen) atoms. The van der Waals surface area contributed by atoms with Gasteiger partial charge in [0, 0.05) is 11.5 Å². The zero-order chi connectivity index (χ0) is 10.5. The minimum absolute atomic E-state index is 0.0486. The Kier molecular flexibility index (Phi) is 3.56. The van der Waals surface area contributed by atoms with E-state index < -0.39 is 0 Å². The summed E-state index contributed by atoms with van der Waals surface area (Å²) in [6.45, 7) is 0.823. The molecule has 0 radical (unpaired) electrons. The highest BCUT2D eigenvalue weighted by Crippen LogP contribution is 2.23. The van der Waals surface area contributed by atoms with Crippen LogP contribution in [0.5, 0.6) is 0 Å². The molecule has 2 unspecified atom stereocenters. The van der Waals surface area contributed by atoms with Crippen molar-refractivity contribution in [2.45, 2.75) is 16.9 Å². The van der Waals surface area contributed by atoms with Gasteiger partial charge in [0.2, 0.25) is 0 Å². The van der Waals surface area contributed by atoms with Crippen LogP contribution in [0.3, 0.4) is 0 Å². The molecule has 0 fully saturated rings. The summed E-state index contributed by atoms with van der Waals surface area (Å²) in [6, 6.07) is 10.3. The van der Waals surface area contributed by atoms with Crippen LogP contribution in [-0.4, -0.2) is 29.5 Å². The molecule has 2 nitrogen and oxygen atoms in total. The van der Waals surface area contributed by atoms with Crippen molar-refractivity contribution < 1.29 is 4.79 Å². The van der Waals surface area contributed by atoms with Crippen molar-refractivity contribution in [3.05, 3.63) is 35.9 Å². The van der Waals surface area contributed by atoms with E-state index in [0.717, 1.165) is 19.3 Å². The average molecular weight is 219 g/mol. The van der Waals surface area contributed by atoms with E-state index in [9.17, 15) is 4.79 Å². The van der Waals surface area contributed by atoms with E-state index in [4.69, 9.17) is 0 Å². The average Bonchev–Trinajstić information content (AvgIpc) is 2.31. The van der Waals surface area contributed by atoms with Gasteiger partial charge < -0.3 is 4.79 Å². The molecule has 0 bridgehead atoms. The van der Waals surface area contributed by atoms with Gasteiger partial charge in [-0.15, -0.1) is 11.8 Å². The minimum atomic E-state index is -0.0486. The monoisotopic (exact) mass is 219 g/mol. The summed E-state index contributed by atoms with van der Waals surface area (Å²) in [4.78, 5) is 14.9. The van der Waals surface area contributed by atoms with Gasteiger partial charge in [-0.05, 0) is 12.0 Å². The predicted molar refractivity (Wildman–Crippen MR) is 64.7 cm³/mol. The highest BCUT2D eigenvalue weighted by Gasteiger charge is 2.18. The highest BCUT2D eigenvalue weighted by molar-refractivity contribution is 8.01. The smallest absolute Gasteiger partial charge is 0.138 e. The van der Waals surface area contributed by atoms with Crippen molar-refractivity contribution in [2.75, 3.05) is 6.54 Å². The molecule has 0 aliphatic carbocycles. The molecule has 0 N–H and O–H groups in total. The van der Waals surface area contributed by atoms with Gasteiger partial charge in [-0.1, -0.05) is 30.3 Å². The van der Waals surface area contributed by atoms with Crippen LogP contribution < -0.4 is 0 Å². The fraction of sp³-hybridized carbons (Fsp3) is 0.333. The molecular weight excluding hydrogens is 206 g/mol. The molecule has 2 rings (SSSR count). The zero-order valence-electron chi connectivity index (χ0n) is 8.37. The van der Waals surface area contributed by atoms with Gasteiger partial charge in [0.1, 0.15) is 6.29 Å². The van der Waals surface area contributed by atoms with Crippen molar-refractivity contribution in [1.29, 1.82) is 0 Å². The maximum absolute atomic E-state index is 10.6. The van der Waals surface area contributed by atoms with Gasteiger partial charge in [0.05, 0.1) is 11.8 Å². The quantitative estimate of drug-likeness (QED) is 0.727. The Morgan fingerprint density at radius 3 is 2.93 bits per heavy atom. The van der Waals surface area contributed by atoms with Crippen molar-refractivity contribution in [2.24, 2.45) is 4.99 Å². The van der Waals surface area contributed by atoms with E-state index in [1.54, 1.807) is 18.0 Å². The number of aliphatic imine (C=N–C) groups is 1. The fourth-order valence-corrected chi connectivity index (χ4v) is 2.77. The molecule has 1 heterocycles. The number of nitrogens with zero attached hydrogens (tertiary/aromatic N) is 1. The fourth-order valence-electron chi connectivity index (χ4n) is 1.64. The molecule has 0 aromatic heterocycles. The van der Waals surface area contributed by atoms with Crippen LogP contribution in [-0.2, 0) is 11.2 Å². The Labute approximate surface area is 93.8 Å². The molecule has 3 heteroatoms. The summed E-state index contributed by atoms with van der Waals surface area (Å²) in [6.07, 6.45) is 3.71. The number of benzene rings is 1. The first-order valence-corrected chi connectivity index (χ1v) is 5.97. The Morgan fingerprint density at radius 1 is 1.40 bits per heavy atom. The molecule has 1 aliphatic heterocycles. The SMILES string of the molecule is O=CC1C=NCC(Cc2ccccc2)S1. The minimum Gasteiger partial charge on any atom is -0.302 e. The van der Waals surface area contributed by atoms with Crippen LogP contribution in [0.15, 0.2) is 35.3 Å².